The maximum atomic E-state index is 12.7. The number of benzene rings is 2. The van der Waals surface area contributed by atoms with Gasteiger partial charge in [-0.3, -0.25) is 9.69 Å². The number of likely N-dealkylation sites (N-methyl/N-ethyl adjacent to an activating group) is 1. The molecule has 0 radical (unpaired) electrons. The number of rotatable bonds is 4. The summed E-state index contributed by atoms with van der Waals surface area (Å²) in [7, 11) is 1.49. The number of ether oxygens (including phenoxy) is 1. The molecule has 0 aromatic heterocycles. The maximum absolute atomic E-state index is 12.7. The Kier molecular flexibility index (Phi) is 5.32. The first-order valence-electron chi connectivity index (χ1n) is 8.26. The number of para-hydroxylation sites is 1. The van der Waals surface area contributed by atoms with Crippen LogP contribution in [-0.2, 0) is 4.79 Å². The molecule has 134 valence electrons. The number of aromatic hydroxyl groups is 1. The third-order valence-corrected chi connectivity index (χ3v) is 5.01. The van der Waals surface area contributed by atoms with Gasteiger partial charge in [0.1, 0.15) is 0 Å². The first kappa shape index (κ1) is 18.1. The summed E-state index contributed by atoms with van der Waals surface area (Å²) >= 11 is 1.30. The molecule has 1 aliphatic heterocycles. The van der Waals surface area contributed by atoms with Crippen molar-refractivity contribution in [2.75, 3.05) is 13.7 Å². The second-order valence-corrected chi connectivity index (χ2v) is 6.80. The summed E-state index contributed by atoms with van der Waals surface area (Å²) in [5, 5.41) is 10.9. The molecule has 6 heteroatoms. The number of hydrogen-bond acceptors (Lipinski definition) is 5. The van der Waals surface area contributed by atoms with Crippen LogP contribution in [0.5, 0.6) is 11.5 Å². The van der Waals surface area contributed by atoms with Crippen LogP contribution in [-0.4, -0.2) is 34.7 Å². The number of aryl methyl sites for hydroxylation is 1. The van der Waals surface area contributed by atoms with E-state index in [1.807, 2.05) is 38.1 Å². The zero-order chi connectivity index (χ0) is 18.7. The van der Waals surface area contributed by atoms with Crippen molar-refractivity contribution >= 4 is 34.6 Å². The summed E-state index contributed by atoms with van der Waals surface area (Å²) in [5.74, 6) is 0.268. The predicted molar refractivity (Wildman–Crippen MR) is 106 cm³/mol. The van der Waals surface area contributed by atoms with Crippen LogP contribution in [0.15, 0.2) is 52.4 Å². The maximum Gasteiger partial charge on any atom is 0.266 e. The molecule has 3 rings (SSSR count). The highest BCUT2D eigenvalue weighted by molar-refractivity contribution is 8.18. The van der Waals surface area contributed by atoms with Crippen LogP contribution in [0.4, 0.5) is 5.69 Å². The number of phenolic OH excluding ortho intramolecular Hbond substituents is 1. The van der Waals surface area contributed by atoms with E-state index in [9.17, 15) is 9.90 Å². The minimum Gasteiger partial charge on any atom is -0.504 e. The number of carbonyl (C=O) groups excluding carboxylic acids is 1. The molecule has 0 aliphatic carbocycles. The summed E-state index contributed by atoms with van der Waals surface area (Å²) < 4.78 is 5.12. The highest BCUT2D eigenvalue weighted by Gasteiger charge is 2.32. The number of phenols is 1. The number of hydrogen-bond donors (Lipinski definition) is 1. The van der Waals surface area contributed by atoms with E-state index in [0.717, 1.165) is 11.3 Å². The molecule has 0 unspecified atom stereocenters. The Morgan fingerprint density at radius 1 is 1.23 bits per heavy atom. The molecule has 1 aliphatic rings. The first-order valence-corrected chi connectivity index (χ1v) is 9.08. The summed E-state index contributed by atoms with van der Waals surface area (Å²) in [6, 6.07) is 13.0. The lowest BCUT2D eigenvalue weighted by atomic mass is 10.1. The van der Waals surface area contributed by atoms with Crippen molar-refractivity contribution in [1.29, 1.82) is 0 Å². The van der Waals surface area contributed by atoms with E-state index in [1.165, 1.54) is 18.9 Å². The van der Waals surface area contributed by atoms with E-state index in [4.69, 9.17) is 4.74 Å². The molecule has 0 saturated carbocycles. The lowest BCUT2D eigenvalue weighted by Crippen LogP contribution is -2.28. The van der Waals surface area contributed by atoms with Crippen LogP contribution < -0.4 is 4.74 Å². The van der Waals surface area contributed by atoms with Gasteiger partial charge in [0.25, 0.3) is 5.91 Å². The van der Waals surface area contributed by atoms with Gasteiger partial charge in [0.15, 0.2) is 16.7 Å². The zero-order valence-corrected chi connectivity index (χ0v) is 15.7. The van der Waals surface area contributed by atoms with Crippen LogP contribution in [0.1, 0.15) is 18.1 Å². The molecule has 1 heterocycles. The van der Waals surface area contributed by atoms with Gasteiger partial charge in [0.2, 0.25) is 0 Å². The van der Waals surface area contributed by atoms with Gasteiger partial charge in [-0.15, -0.1) is 0 Å². The summed E-state index contributed by atoms with van der Waals surface area (Å²) in [6.07, 6.45) is 1.67. The minimum atomic E-state index is -0.120. The van der Waals surface area contributed by atoms with Crippen molar-refractivity contribution in [2.45, 2.75) is 13.8 Å². The van der Waals surface area contributed by atoms with Gasteiger partial charge in [-0.25, -0.2) is 4.99 Å². The van der Waals surface area contributed by atoms with E-state index in [0.29, 0.717) is 27.9 Å². The molecular formula is C20H20N2O3S. The SMILES string of the molecule is CCN1C(=O)/C(=C/c2cccc(OC)c2O)SC1=Nc1ccc(C)cc1. The smallest absolute Gasteiger partial charge is 0.266 e. The van der Waals surface area contributed by atoms with Crippen molar-refractivity contribution < 1.29 is 14.6 Å². The number of thioether (sulfide) groups is 1. The van der Waals surface area contributed by atoms with Crippen LogP contribution >= 0.6 is 11.8 Å². The number of amides is 1. The average Bonchev–Trinajstić information content (AvgIpc) is 2.93. The van der Waals surface area contributed by atoms with Crippen molar-refractivity contribution in [1.82, 2.24) is 4.90 Å². The Hall–Kier alpha value is -2.73. The lowest BCUT2D eigenvalue weighted by Gasteiger charge is -2.12. The van der Waals surface area contributed by atoms with Crippen molar-refractivity contribution in [3.05, 3.63) is 58.5 Å². The lowest BCUT2D eigenvalue weighted by molar-refractivity contribution is -0.122. The molecular weight excluding hydrogens is 348 g/mol. The summed E-state index contributed by atoms with van der Waals surface area (Å²) in [6.45, 7) is 4.46. The van der Waals surface area contributed by atoms with Gasteiger partial charge in [0, 0.05) is 12.1 Å². The Morgan fingerprint density at radius 3 is 2.62 bits per heavy atom. The van der Waals surface area contributed by atoms with E-state index in [1.54, 1.807) is 29.2 Å². The quantitative estimate of drug-likeness (QED) is 0.816. The van der Waals surface area contributed by atoms with E-state index in [2.05, 4.69) is 4.99 Å². The number of nitrogens with zero attached hydrogens (tertiary/aromatic N) is 2. The van der Waals surface area contributed by atoms with Gasteiger partial charge in [-0.2, -0.15) is 0 Å². The Labute approximate surface area is 157 Å². The molecule has 2 aromatic rings. The van der Waals surface area contributed by atoms with Crippen molar-refractivity contribution in [3.8, 4) is 11.5 Å². The fourth-order valence-electron chi connectivity index (χ4n) is 2.56. The normalized spacial score (nSPS) is 17.3. The third kappa shape index (κ3) is 3.60. The predicted octanol–water partition coefficient (Wildman–Crippen LogP) is 4.33. The molecule has 1 fully saturated rings. The summed E-state index contributed by atoms with van der Waals surface area (Å²) in [5.41, 5.74) is 2.49. The number of methoxy groups -OCH3 is 1. The van der Waals surface area contributed by atoms with Gasteiger partial charge < -0.3 is 9.84 Å². The van der Waals surface area contributed by atoms with Crippen molar-refractivity contribution in [2.24, 2.45) is 4.99 Å². The van der Waals surface area contributed by atoms with Gasteiger partial charge in [-0.05, 0) is 49.9 Å². The van der Waals surface area contributed by atoms with Crippen LogP contribution in [0, 0.1) is 6.92 Å². The van der Waals surface area contributed by atoms with Gasteiger partial charge in [-0.1, -0.05) is 29.8 Å². The fraction of sp³-hybridized carbons (Fsp3) is 0.200. The molecule has 0 bridgehead atoms. The Balaban J connectivity index is 1.95. The fourth-order valence-corrected chi connectivity index (χ4v) is 3.62. The number of carbonyl (C=O) groups is 1. The zero-order valence-electron chi connectivity index (χ0n) is 14.9. The molecule has 0 atom stereocenters. The first-order chi connectivity index (χ1) is 12.5. The average molecular weight is 368 g/mol. The van der Waals surface area contributed by atoms with E-state index in [-0.39, 0.29) is 11.7 Å². The summed E-state index contributed by atoms with van der Waals surface area (Å²) in [4.78, 5) is 19.5. The van der Waals surface area contributed by atoms with Gasteiger partial charge in [0.05, 0.1) is 17.7 Å². The van der Waals surface area contributed by atoms with Crippen molar-refractivity contribution in [3.63, 3.8) is 0 Å². The standard InChI is InChI=1S/C20H20N2O3S/c1-4-22-19(24)17(12-14-6-5-7-16(25-3)18(14)23)26-20(22)21-15-10-8-13(2)9-11-15/h5-12,23H,4H2,1-3H3/b17-12-,21-20?. The second kappa shape index (κ2) is 7.66. The molecule has 2 aromatic carbocycles. The number of aliphatic imine (C=N–C) groups is 1. The molecule has 1 amide bonds. The highest BCUT2D eigenvalue weighted by atomic mass is 32.2. The van der Waals surface area contributed by atoms with Crippen LogP contribution in [0.25, 0.3) is 6.08 Å². The monoisotopic (exact) mass is 368 g/mol. The van der Waals surface area contributed by atoms with E-state index >= 15 is 0 Å². The topological polar surface area (TPSA) is 62.1 Å². The van der Waals surface area contributed by atoms with Crippen LogP contribution in [0.3, 0.4) is 0 Å². The molecule has 5 nitrogen and oxygen atoms in total. The minimum absolute atomic E-state index is 0.0165. The van der Waals surface area contributed by atoms with Gasteiger partial charge >= 0.3 is 0 Å². The highest BCUT2D eigenvalue weighted by Crippen LogP contribution is 2.37. The molecule has 26 heavy (non-hydrogen) atoms. The van der Waals surface area contributed by atoms with E-state index < -0.39 is 0 Å². The number of amidine groups is 1. The second-order valence-electron chi connectivity index (χ2n) is 5.79. The third-order valence-electron chi connectivity index (χ3n) is 4.00. The molecule has 0 spiro atoms. The Bertz CT molecular complexity index is 888. The largest absolute Gasteiger partial charge is 0.504 e. The molecule has 1 saturated heterocycles. The van der Waals surface area contributed by atoms with Crippen LogP contribution in [0.2, 0.25) is 0 Å². The molecule has 1 N–H and O–H groups in total. The Morgan fingerprint density at radius 2 is 1.96 bits per heavy atom.